The molecule has 0 bridgehead atoms. The van der Waals surface area contributed by atoms with E-state index in [1.807, 2.05) is 11.4 Å². The molecular weight excluding hydrogens is 198 g/mol. The van der Waals surface area contributed by atoms with Gasteiger partial charge in [0.15, 0.2) is 0 Å². The zero-order chi connectivity index (χ0) is 10.0. The standard InChI is InChI=1S/C9H15N3OS/c1-9(4-2-5-13-9)8(11-10)7-3-6-14-12-7/h3,6,8,11H,2,4-5,10H2,1H3. The second kappa shape index (κ2) is 3.94. The van der Waals surface area contributed by atoms with E-state index < -0.39 is 0 Å². The number of nitrogens with one attached hydrogen (secondary N) is 1. The fourth-order valence-electron chi connectivity index (χ4n) is 1.97. The third-order valence-corrected chi connectivity index (χ3v) is 3.35. The Labute approximate surface area is 87.6 Å². The fourth-order valence-corrected chi connectivity index (χ4v) is 2.52. The van der Waals surface area contributed by atoms with Gasteiger partial charge in [0.2, 0.25) is 0 Å². The highest BCUT2D eigenvalue weighted by Gasteiger charge is 2.39. The maximum Gasteiger partial charge on any atom is 0.0929 e. The number of ether oxygens (including phenoxy) is 1. The number of nitrogens with two attached hydrogens (primary N) is 1. The van der Waals surface area contributed by atoms with Gasteiger partial charge in [-0.2, -0.15) is 4.37 Å². The molecule has 2 rings (SSSR count). The van der Waals surface area contributed by atoms with Crippen molar-refractivity contribution in [1.82, 2.24) is 9.80 Å². The molecule has 2 atom stereocenters. The molecule has 2 unspecified atom stereocenters. The molecule has 5 heteroatoms. The average Bonchev–Trinajstić information content (AvgIpc) is 2.78. The van der Waals surface area contributed by atoms with Gasteiger partial charge in [-0.15, -0.1) is 0 Å². The lowest BCUT2D eigenvalue weighted by Gasteiger charge is -2.31. The second-order valence-corrected chi connectivity index (χ2v) is 4.45. The molecule has 0 radical (unpaired) electrons. The third kappa shape index (κ3) is 1.68. The zero-order valence-electron chi connectivity index (χ0n) is 8.19. The topological polar surface area (TPSA) is 60.2 Å². The Morgan fingerprint density at radius 1 is 1.79 bits per heavy atom. The first-order valence-corrected chi connectivity index (χ1v) is 5.60. The van der Waals surface area contributed by atoms with Crippen LogP contribution in [0.3, 0.4) is 0 Å². The molecule has 0 aromatic carbocycles. The molecule has 4 nitrogen and oxygen atoms in total. The first-order chi connectivity index (χ1) is 6.76. The molecule has 1 aliphatic heterocycles. The molecule has 0 spiro atoms. The zero-order valence-corrected chi connectivity index (χ0v) is 9.01. The molecule has 78 valence electrons. The van der Waals surface area contributed by atoms with E-state index in [0.717, 1.165) is 25.1 Å². The van der Waals surface area contributed by atoms with Gasteiger partial charge in [0, 0.05) is 12.0 Å². The van der Waals surface area contributed by atoms with Crippen LogP contribution in [-0.4, -0.2) is 16.6 Å². The summed E-state index contributed by atoms with van der Waals surface area (Å²) < 4.78 is 10.0. The third-order valence-electron chi connectivity index (χ3n) is 2.78. The van der Waals surface area contributed by atoms with Crippen LogP contribution < -0.4 is 11.3 Å². The van der Waals surface area contributed by atoms with Gasteiger partial charge < -0.3 is 4.74 Å². The Balaban J connectivity index is 2.20. The molecule has 1 aromatic rings. The van der Waals surface area contributed by atoms with Gasteiger partial charge in [0.1, 0.15) is 0 Å². The van der Waals surface area contributed by atoms with Crippen molar-refractivity contribution in [2.24, 2.45) is 5.84 Å². The smallest absolute Gasteiger partial charge is 0.0929 e. The van der Waals surface area contributed by atoms with Crippen LogP contribution in [0.25, 0.3) is 0 Å². The van der Waals surface area contributed by atoms with Crippen molar-refractivity contribution in [2.45, 2.75) is 31.4 Å². The highest BCUT2D eigenvalue weighted by Crippen LogP contribution is 2.36. The van der Waals surface area contributed by atoms with Crippen LogP contribution in [0, 0.1) is 0 Å². The lowest BCUT2D eigenvalue weighted by Crippen LogP contribution is -2.44. The van der Waals surface area contributed by atoms with Gasteiger partial charge in [-0.05, 0) is 37.4 Å². The van der Waals surface area contributed by atoms with E-state index in [9.17, 15) is 0 Å². The summed E-state index contributed by atoms with van der Waals surface area (Å²) >= 11 is 1.44. The van der Waals surface area contributed by atoms with E-state index >= 15 is 0 Å². The van der Waals surface area contributed by atoms with Crippen LogP contribution in [0.5, 0.6) is 0 Å². The molecular formula is C9H15N3OS. The van der Waals surface area contributed by atoms with E-state index in [-0.39, 0.29) is 11.6 Å². The summed E-state index contributed by atoms with van der Waals surface area (Å²) in [6.07, 6.45) is 2.12. The highest BCUT2D eigenvalue weighted by molar-refractivity contribution is 7.03. The van der Waals surface area contributed by atoms with Crippen molar-refractivity contribution >= 4 is 11.5 Å². The van der Waals surface area contributed by atoms with Crippen LogP contribution in [0.15, 0.2) is 11.4 Å². The minimum absolute atomic E-state index is 0.00347. The van der Waals surface area contributed by atoms with Crippen molar-refractivity contribution in [3.8, 4) is 0 Å². The van der Waals surface area contributed by atoms with Gasteiger partial charge in [0.05, 0.1) is 17.3 Å². The van der Waals surface area contributed by atoms with Crippen LogP contribution in [0.1, 0.15) is 31.5 Å². The van der Waals surface area contributed by atoms with Crippen molar-refractivity contribution in [2.75, 3.05) is 6.61 Å². The quantitative estimate of drug-likeness (QED) is 0.585. The van der Waals surface area contributed by atoms with Crippen LogP contribution in [-0.2, 0) is 4.74 Å². The number of nitrogens with zero attached hydrogens (tertiary/aromatic N) is 1. The fraction of sp³-hybridized carbons (Fsp3) is 0.667. The SMILES string of the molecule is CC1(C(NN)c2ccsn2)CCCO1. The maximum atomic E-state index is 5.74. The van der Waals surface area contributed by atoms with Gasteiger partial charge in [0.25, 0.3) is 0 Å². The number of aromatic nitrogens is 1. The summed E-state index contributed by atoms with van der Waals surface area (Å²) in [6.45, 7) is 2.91. The summed E-state index contributed by atoms with van der Waals surface area (Å²) in [6, 6.07) is 1.98. The monoisotopic (exact) mass is 213 g/mol. The van der Waals surface area contributed by atoms with Crippen LogP contribution >= 0.6 is 11.5 Å². The summed E-state index contributed by atoms with van der Waals surface area (Å²) in [5, 5.41) is 1.96. The van der Waals surface area contributed by atoms with Crippen LogP contribution in [0.4, 0.5) is 0 Å². The Morgan fingerprint density at radius 2 is 2.64 bits per heavy atom. The van der Waals surface area contributed by atoms with Gasteiger partial charge in [-0.25, -0.2) is 5.43 Å². The summed E-state index contributed by atoms with van der Waals surface area (Å²) in [4.78, 5) is 0. The Hall–Kier alpha value is -0.490. The van der Waals surface area contributed by atoms with E-state index in [1.54, 1.807) is 0 Å². The highest BCUT2D eigenvalue weighted by atomic mass is 32.1. The minimum atomic E-state index is -0.206. The molecule has 3 N–H and O–H groups in total. The van der Waals surface area contributed by atoms with E-state index in [0.29, 0.717) is 0 Å². The Bertz CT molecular complexity index is 282. The predicted octanol–water partition coefficient (Wildman–Crippen LogP) is 1.22. The predicted molar refractivity (Wildman–Crippen MR) is 55.8 cm³/mol. The number of hydrazine groups is 1. The van der Waals surface area contributed by atoms with Crippen molar-refractivity contribution in [3.63, 3.8) is 0 Å². The Kier molecular flexibility index (Phi) is 2.83. The van der Waals surface area contributed by atoms with Crippen molar-refractivity contribution < 1.29 is 4.74 Å². The summed E-state index contributed by atoms with van der Waals surface area (Å²) in [7, 11) is 0. The average molecular weight is 213 g/mol. The van der Waals surface area contributed by atoms with E-state index in [1.165, 1.54) is 11.5 Å². The summed E-state index contributed by atoms with van der Waals surface area (Å²) in [5.74, 6) is 5.56. The normalized spacial score (nSPS) is 29.3. The van der Waals surface area contributed by atoms with Gasteiger partial charge in [-0.3, -0.25) is 5.84 Å². The maximum absolute atomic E-state index is 5.74. The Morgan fingerprint density at radius 3 is 3.14 bits per heavy atom. The van der Waals surface area contributed by atoms with Crippen molar-refractivity contribution in [3.05, 3.63) is 17.1 Å². The van der Waals surface area contributed by atoms with E-state index in [2.05, 4.69) is 16.7 Å². The summed E-state index contributed by atoms with van der Waals surface area (Å²) in [5.41, 5.74) is 3.57. The van der Waals surface area contributed by atoms with Crippen molar-refractivity contribution in [1.29, 1.82) is 0 Å². The lowest BCUT2D eigenvalue weighted by molar-refractivity contribution is -0.0134. The first-order valence-electron chi connectivity index (χ1n) is 4.76. The van der Waals surface area contributed by atoms with Gasteiger partial charge >= 0.3 is 0 Å². The minimum Gasteiger partial charge on any atom is -0.373 e. The van der Waals surface area contributed by atoms with Gasteiger partial charge in [-0.1, -0.05) is 0 Å². The molecule has 0 aliphatic carbocycles. The number of rotatable bonds is 3. The van der Waals surface area contributed by atoms with Crippen LogP contribution in [0.2, 0.25) is 0 Å². The molecule has 0 saturated carbocycles. The number of hydrogen-bond acceptors (Lipinski definition) is 5. The molecule has 1 saturated heterocycles. The molecule has 14 heavy (non-hydrogen) atoms. The largest absolute Gasteiger partial charge is 0.373 e. The molecule has 1 aliphatic rings. The molecule has 1 fully saturated rings. The second-order valence-electron chi connectivity index (χ2n) is 3.79. The molecule has 2 heterocycles. The lowest BCUT2D eigenvalue weighted by atomic mass is 9.91. The first kappa shape index (κ1) is 10.0. The molecule has 1 aromatic heterocycles. The van der Waals surface area contributed by atoms with E-state index in [4.69, 9.17) is 10.6 Å². The number of hydrogen-bond donors (Lipinski definition) is 2. The molecule has 0 amide bonds.